The van der Waals surface area contributed by atoms with Gasteiger partial charge in [-0.15, -0.1) is 0 Å². The Kier molecular flexibility index (Phi) is 2.98. The molecule has 18 heavy (non-hydrogen) atoms. The molecule has 2 rings (SSSR count). The lowest BCUT2D eigenvalue weighted by Gasteiger charge is -2.10. The number of alkyl halides is 3. The summed E-state index contributed by atoms with van der Waals surface area (Å²) >= 11 is 0. The Morgan fingerprint density at radius 3 is 2.50 bits per heavy atom. The first-order valence-electron chi connectivity index (χ1n) is 4.97. The minimum Gasteiger partial charge on any atom is -0.496 e. The average molecular weight is 258 g/mol. The van der Waals surface area contributed by atoms with Gasteiger partial charge in [-0.2, -0.15) is 18.2 Å². The van der Waals surface area contributed by atoms with E-state index in [1.165, 1.54) is 13.2 Å². The fourth-order valence-corrected chi connectivity index (χ4v) is 1.45. The van der Waals surface area contributed by atoms with E-state index in [9.17, 15) is 13.2 Å². The zero-order chi connectivity index (χ0) is 13.3. The zero-order valence-corrected chi connectivity index (χ0v) is 9.58. The van der Waals surface area contributed by atoms with E-state index in [2.05, 4.69) is 10.1 Å². The molecule has 0 atom stereocenters. The SMILES string of the molecule is COc1cc(C(F)(F)F)ccc1-c1nc(C)no1. The lowest BCUT2D eigenvalue weighted by atomic mass is 10.1. The number of benzene rings is 1. The summed E-state index contributed by atoms with van der Waals surface area (Å²) in [6.45, 7) is 1.61. The van der Waals surface area contributed by atoms with Crippen molar-refractivity contribution in [1.29, 1.82) is 0 Å². The van der Waals surface area contributed by atoms with Gasteiger partial charge in [0.1, 0.15) is 5.75 Å². The van der Waals surface area contributed by atoms with Gasteiger partial charge in [-0.25, -0.2) is 0 Å². The van der Waals surface area contributed by atoms with Crippen LogP contribution in [0.4, 0.5) is 13.2 Å². The maximum absolute atomic E-state index is 12.5. The Labute approximate surface area is 100 Å². The molecular weight excluding hydrogens is 249 g/mol. The van der Waals surface area contributed by atoms with Crippen LogP contribution in [0.1, 0.15) is 11.4 Å². The number of nitrogens with zero attached hydrogens (tertiary/aromatic N) is 2. The van der Waals surface area contributed by atoms with Crippen LogP contribution in [0.25, 0.3) is 11.5 Å². The molecule has 1 aromatic heterocycles. The first-order valence-corrected chi connectivity index (χ1v) is 4.97. The van der Waals surface area contributed by atoms with E-state index >= 15 is 0 Å². The van der Waals surface area contributed by atoms with Crippen LogP contribution < -0.4 is 4.74 Å². The topological polar surface area (TPSA) is 48.2 Å². The fraction of sp³-hybridized carbons (Fsp3) is 0.273. The Morgan fingerprint density at radius 2 is 2.00 bits per heavy atom. The van der Waals surface area contributed by atoms with Gasteiger partial charge in [0, 0.05) is 0 Å². The average Bonchev–Trinajstić information content (AvgIpc) is 2.73. The van der Waals surface area contributed by atoms with E-state index in [0.29, 0.717) is 11.4 Å². The van der Waals surface area contributed by atoms with Gasteiger partial charge in [0.05, 0.1) is 18.2 Å². The zero-order valence-electron chi connectivity index (χ0n) is 9.58. The number of methoxy groups -OCH3 is 1. The Morgan fingerprint density at radius 1 is 1.28 bits per heavy atom. The summed E-state index contributed by atoms with van der Waals surface area (Å²) in [5.41, 5.74) is -0.467. The number of hydrogen-bond acceptors (Lipinski definition) is 4. The second-order valence-corrected chi connectivity index (χ2v) is 3.56. The minimum atomic E-state index is -4.42. The van der Waals surface area contributed by atoms with Crippen molar-refractivity contribution in [3.05, 3.63) is 29.6 Å². The monoisotopic (exact) mass is 258 g/mol. The van der Waals surface area contributed by atoms with Crippen LogP contribution in [0, 0.1) is 6.92 Å². The van der Waals surface area contributed by atoms with Crippen LogP contribution in [-0.2, 0) is 6.18 Å². The third-order valence-electron chi connectivity index (χ3n) is 2.29. The van der Waals surface area contributed by atoms with Gasteiger partial charge in [-0.3, -0.25) is 0 Å². The normalized spacial score (nSPS) is 11.6. The van der Waals surface area contributed by atoms with E-state index in [1.807, 2.05) is 0 Å². The third-order valence-corrected chi connectivity index (χ3v) is 2.29. The Bertz CT molecular complexity index is 564. The van der Waals surface area contributed by atoms with E-state index in [4.69, 9.17) is 9.26 Å². The highest BCUT2D eigenvalue weighted by molar-refractivity contribution is 5.63. The van der Waals surface area contributed by atoms with Crippen molar-refractivity contribution in [2.24, 2.45) is 0 Å². The summed E-state index contributed by atoms with van der Waals surface area (Å²) in [6.07, 6.45) is -4.42. The molecule has 0 aliphatic carbocycles. The van der Waals surface area contributed by atoms with E-state index < -0.39 is 11.7 Å². The molecule has 1 aromatic carbocycles. The second-order valence-electron chi connectivity index (χ2n) is 3.56. The van der Waals surface area contributed by atoms with Crippen LogP contribution >= 0.6 is 0 Å². The standard InChI is InChI=1S/C11H9F3N2O2/c1-6-15-10(18-16-6)8-4-3-7(11(12,13)14)5-9(8)17-2/h3-5H,1-2H3. The van der Waals surface area contributed by atoms with Crippen molar-refractivity contribution in [3.8, 4) is 17.2 Å². The molecule has 0 aliphatic heterocycles. The maximum Gasteiger partial charge on any atom is 0.416 e. The fourth-order valence-electron chi connectivity index (χ4n) is 1.45. The second kappa shape index (κ2) is 4.32. The molecule has 7 heteroatoms. The van der Waals surface area contributed by atoms with Gasteiger partial charge in [0.2, 0.25) is 0 Å². The molecule has 1 heterocycles. The molecule has 0 saturated carbocycles. The summed E-state index contributed by atoms with van der Waals surface area (Å²) < 4.78 is 47.4. The molecule has 0 radical (unpaired) electrons. The van der Waals surface area contributed by atoms with Gasteiger partial charge >= 0.3 is 6.18 Å². The Hall–Kier alpha value is -2.05. The molecule has 0 bridgehead atoms. The number of rotatable bonds is 2. The van der Waals surface area contributed by atoms with Crippen LogP contribution in [0.5, 0.6) is 5.75 Å². The number of aromatic nitrogens is 2. The molecule has 0 N–H and O–H groups in total. The number of aryl methyl sites for hydroxylation is 1. The lowest BCUT2D eigenvalue weighted by Crippen LogP contribution is -2.05. The van der Waals surface area contributed by atoms with Crippen molar-refractivity contribution in [2.45, 2.75) is 13.1 Å². The molecule has 0 saturated heterocycles. The van der Waals surface area contributed by atoms with Crippen molar-refractivity contribution in [1.82, 2.24) is 10.1 Å². The molecule has 96 valence electrons. The van der Waals surface area contributed by atoms with Gasteiger partial charge < -0.3 is 9.26 Å². The quantitative estimate of drug-likeness (QED) is 0.830. The van der Waals surface area contributed by atoms with E-state index in [1.54, 1.807) is 6.92 Å². The molecule has 0 aliphatic rings. The van der Waals surface area contributed by atoms with Gasteiger partial charge in [0.15, 0.2) is 5.82 Å². The number of halogens is 3. The summed E-state index contributed by atoms with van der Waals surface area (Å²) in [5, 5.41) is 3.58. The van der Waals surface area contributed by atoms with Gasteiger partial charge in [0.25, 0.3) is 5.89 Å². The van der Waals surface area contributed by atoms with Crippen molar-refractivity contribution < 1.29 is 22.4 Å². The van der Waals surface area contributed by atoms with Crippen LogP contribution in [0.15, 0.2) is 22.7 Å². The van der Waals surface area contributed by atoms with Crippen LogP contribution in [-0.4, -0.2) is 17.3 Å². The predicted octanol–water partition coefficient (Wildman–Crippen LogP) is 3.07. The Balaban J connectivity index is 2.50. The highest BCUT2D eigenvalue weighted by Gasteiger charge is 2.31. The minimum absolute atomic E-state index is 0.0356. The molecular formula is C11H9F3N2O2. The molecule has 4 nitrogen and oxygen atoms in total. The molecule has 0 amide bonds. The number of ether oxygens (including phenoxy) is 1. The van der Waals surface area contributed by atoms with E-state index in [0.717, 1.165) is 12.1 Å². The highest BCUT2D eigenvalue weighted by Crippen LogP contribution is 2.36. The summed E-state index contributed by atoms with van der Waals surface area (Å²) in [7, 11) is 1.28. The smallest absolute Gasteiger partial charge is 0.416 e. The highest BCUT2D eigenvalue weighted by atomic mass is 19.4. The van der Waals surface area contributed by atoms with Crippen LogP contribution in [0.2, 0.25) is 0 Å². The molecule has 0 spiro atoms. The number of hydrogen-bond donors (Lipinski definition) is 0. The van der Waals surface area contributed by atoms with Gasteiger partial charge in [-0.05, 0) is 25.1 Å². The van der Waals surface area contributed by atoms with Gasteiger partial charge in [-0.1, -0.05) is 5.16 Å². The lowest BCUT2D eigenvalue weighted by molar-refractivity contribution is -0.137. The summed E-state index contributed by atoms with van der Waals surface area (Å²) in [5.74, 6) is 0.554. The maximum atomic E-state index is 12.5. The molecule has 0 fully saturated rings. The molecule has 0 unspecified atom stereocenters. The predicted molar refractivity (Wildman–Crippen MR) is 56.0 cm³/mol. The largest absolute Gasteiger partial charge is 0.496 e. The van der Waals surface area contributed by atoms with Crippen molar-refractivity contribution in [3.63, 3.8) is 0 Å². The summed E-state index contributed by atoms with van der Waals surface area (Å²) in [4.78, 5) is 3.94. The van der Waals surface area contributed by atoms with Crippen LogP contribution in [0.3, 0.4) is 0 Å². The first-order chi connectivity index (χ1) is 8.41. The van der Waals surface area contributed by atoms with Crippen molar-refractivity contribution in [2.75, 3.05) is 7.11 Å². The van der Waals surface area contributed by atoms with Crippen molar-refractivity contribution >= 4 is 0 Å². The van der Waals surface area contributed by atoms with E-state index in [-0.39, 0.29) is 11.6 Å². The molecule has 2 aromatic rings. The third kappa shape index (κ3) is 2.29. The first kappa shape index (κ1) is 12.4. The summed E-state index contributed by atoms with van der Waals surface area (Å²) in [6, 6.07) is 3.08.